The van der Waals surface area contributed by atoms with Crippen molar-refractivity contribution < 1.29 is 38.6 Å². The predicted molar refractivity (Wildman–Crippen MR) is 79.5 cm³/mol. The molecule has 0 radical (unpaired) electrons. The molecule has 4 unspecified atom stereocenters. The van der Waals surface area contributed by atoms with Gasteiger partial charge in [-0.05, 0) is 12.8 Å². The topological polar surface area (TPSA) is 109 Å². The number of hydrogen-bond donors (Lipinski definition) is 2. The molecule has 0 aromatic rings. The summed E-state index contributed by atoms with van der Waals surface area (Å²) in [7, 11) is 0. The molecule has 4 heterocycles. The van der Waals surface area contributed by atoms with E-state index in [1.807, 2.05) is 0 Å². The standard InChI is InChI=1S/C16H26O8/c17-16(18,15(11-24-15)10-20-5-13-7-22-13)3-1-2-14(9-23-14)8-19-4-12-6-21-12/h12-13,17-18H,1-11H2. The van der Waals surface area contributed by atoms with E-state index in [4.69, 9.17) is 28.4 Å². The molecule has 0 amide bonds. The van der Waals surface area contributed by atoms with Crippen LogP contribution < -0.4 is 0 Å². The first kappa shape index (κ1) is 17.1. The maximum Gasteiger partial charge on any atom is 0.197 e. The highest BCUT2D eigenvalue weighted by molar-refractivity contribution is 5.04. The molecule has 0 saturated carbocycles. The third kappa shape index (κ3) is 4.25. The Bertz CT molecular complexity index is 437. The van der Waals surface area contributed by atoms with Crippen molar-refractivity contribution >= 4 is 0 Å². The van der Waals surface area contributed by atoms with E-state index in [0.717, 1.165) is 13.0 Å². The van der Waals surface area contributed by atoms with Gasteiger partial charge in [-0.2, -0.15) is 0 Å². The smallest absolute Gasteiger partial charge is 0.197 e. The lowest BCUT2D eigenvalue weighted by molar-refractivity contribution is -0.224. The van der Waals surface area contributed by atoms with Gasteiger partial charge in [-0.15, -0.1) is 0 Å². The number of ether oxygens (including phenoxy) is 6. The molecule has 4 fully saturated rings. The molecule has 0 aromatic heterocycles. The van der Waals surface area contributed by atoms with E-state index in [1.165, 1.54) is 0 Å². The average molecular weight is 346 g/mol. The first-order chi connectivity index (χ1) is 11.5. The summed E-state index contributed by atoms with van der Waals surface area (Å²) in [6.45, 7) is 4.24. The minimum atomic E-state index is -1.89. The maximum atomic E-state index is 10.4. The molecular weight excluding hydrogens is 320 g/mol. The fourth-order valence-electron chi connectivity index (χ4n) is 2.86. The lowest BCUT2D eigenvalue weighted by Gasteiger charge is -2.29. The Morgan fingerprint density at radius 1 is 0.958 bits per heavy atom. The van der Waals surface area contributed by atoms with Crippen LogP contribution in [0.15, 0.2) is 0 Å². The maximum absolute atomic E-state index is 10.4. The van der Waals surface area contributed by atoms with Crippen LogP contribution >= 0.6 is 0 Å². The summed E-state index contributed by atoms with van der Waals surface area (Å²) in [5.41, 5.74) is -1.26. The number of epoxide rings is 4. The fraction of sp³-hybridized carbons (Fsp3) is 1.00. The first-order valence-corrected chi connectivity index (χ1v) is 8.64. The molecule has 8 heteroatoms. The van der Waals surface area contributed by atoms with Gasteiger partial charge in [0.1, 0.15) is 17.8 Å². The Kier molecular flexibility index (Phi) is 4.59. The van der Waals surface area contributed by atoms with Crippen molar-refractivity contribution in [3.63, 3.8) is 0 Å². The zero-order chi connectivity index (χ0) is 16.7. The number of rotatable bonds is 13. The van der Waals surface area contributed by atoms with E-state index in [9.17, 15) is 10.2 Å². The van der Waals surface area contributed by atoms with Crippen LogP contribution in [0.1, 0.15) is 19.3 Å². The highest BCUT2D eigenvalue weighted by atomic mass is 16.7. The van der Waals surface area contributed by atoms with Crippen molar-refractivity contribution in [1.29, 1.82) is 0 Å². The Labute approximate surface area is 140 Å². The molecule has 24 heavy (non-hydrogen) atoms. The van der Waals surface area contributed by atoms with Crippen LogP contribution in [-0.4, -0.2) is 92.3 Å². The van der Waals surface area contributed by atoms with Crippen molar-refractivity contribution in [2.24, 2.45) is 0 Å². The van der Waals surface area contributed by atoms with Gasteiger partial charge < -0.3 is 38.6 Å². The van der Waals surface area contributed by atoms with Crippen LogP contribution in [0.4, 0.5) is 0 Å². The average Bonchev–Trinajstić information content (AvgIpc) is 3.39. The zero-order valence-electron chi connectivity index (χ0n) is 13.8. The van der Waals surface area contributed by atoms with E-state index in [1.54, 1.807) is 0 Å². The Morgan fingerprint density at radius 2 is 1.54 bits per heavy atom. The van der Waals surface area contributed by atoms with Crippen LogP contribution in [0, 0.1) is 0 Å². The number of hydrogen-bond acceptors (Lipinski definition) is 8. The van der Waals surface area contributed by atoms with Crippen molar-refractivity contribution in [3.8, 4) is 0 Å². The van der Waals surface area contributed by atoms with Gasteiger partial charge in [0, 0.05) is 6.42 Å². The van der Waals surface area contributed by atoms with Gasteiger partial charge in [-0.1, -0.05) is 0 Å². The van der Waals surface area contributed by atoms with E-state index in [0.29, 0.717) is 46.1 Å². The second-order valence-electron chi connectivity index (χ2n) is 7.37. The van der Waals surface area contributed by atoms with E-state index in [2.05, 4.69) is 0 Å². The van der Waals surface area contributed by atoms with Gasteiger partial charge in [-0.25, -0.2) is 0 Å². The lowest BCUT2D eigenvalue weighted by atomic mass is 9.92. The second-order valence-corrected chi connectivity index (χ2v) is 7.37. The Morgan fingerprint density at radius 3 is 2.04 bits per heavy atom. The summed E-state index contributed by atoms with van der Waals surface area (Å²) in [6, 6.07) is 0. The van der Waals surface area contributed by atoms with Gasteiger partial charge in [0.25, 0.3) is 0 Å². The SMILES string of the molecule is OC(O)(CCCC1(COCC2CO2)CO1)C1(COCC2CO2)CO1. The van der Waals surface area contributed by atoms with Crippen LogP contribution in [0.5, 0.6) is 0 Å². The third-order valence-electron chi connectivity index (χ3n) is 5.05. The largest absolute Gasteiger partial charge is 0.376 e. The van der Waals surface area contributed by atoms with Crippen molar-refractivity contribution in [2.75, 3.05) is 52.9 Å². The minimum absolute atomic E-state index is 0.153. The molecule has 138 valence electrons. The van der Waals surface area contributed by atoms with Crippen LogP contribution in [0.25, 0.3) is 0 Å². The molecule has 0 aliphatic carbocycles. The van der Waals surface area contributed by atoms with Crippen LogP contribution in [0.3, 0.4) is 0 Å². The fourth-order valence-corrected chi connectivity index (χ4v) is 2.86. The van der Waals surface area contributed by atoms with Crippen molar-refractivity contribution in [1.82, 2.24) is 0 Å². The summed E-state index contributed by atoms with van der Waals surface area (Å²) in [5, 5.41) is 20.8. The van der Waals surface area contributed by atoms with Crippen LogP contribution in [-0.2, 0) is 28.4 Å². The summed E-state index contributed by atoms with van der Waals surface area (Å²) in [6.07, 6.45) is 1.96. The van der Waals surface area contributed by atoms with Gasteiger partial charge in [-0.3, -0.25) is 0 Å². The lowest BCUT2D eigenvalue weighted by Crippen LogP contribution is -2.48. The highest BCUT2D eigenvalue weighted by Crippen LogP contribution is 2.42. The number of aliphatic hydroxyl groups is 2. The molecule has 4 saturated heterocycles. The monoisotopic (exact) mass is 346 g/mol. The summed E-state index contributed by atoms with van der Waals surface area (Å²) >= 11 is 0. The van der Waals surface area contributed by atoms with Gasteiger partial charge in [0.05, 0.1) is 52.9 Å². The van der Waals surface area contributed by atoms with E-state index >= 15 is 0 Å². The zero-order valence-corrected chi connectivity index (χ0v) is 13.8. The molecule has 4 atom stereocenters. The molecule has 4 aliphatic heterocycles. The summed E-state index contributed by atoms with van der Waals surface area (Å²) in [5.74, 6) is -1.89. The summed E-state index contributed by atoms with van der Waals surface area (Å²) < 4.78 is 32.1. The van der Waals surface area contributed by atoms with Gasteiger partial charge >= 0.3 is 0 Å². The van der Waals surface area contributed by atoms with Crippen molar-refractivity contribution in [2.45, 2.75) is 48.5 Å². The quantitative estimate of drug-likeness (QED) is 0.330. The first-order valence-electron chi connectivity index (χ1n) is 8.64. The molecular formula is C16H26O8. The normalized spacial score (nSPS) is 39.8. The Hall–Kier alpha value is -0.320. The minimum Gasteiger partial charge on any atom is -0.376 e. The molecule has 2 N–H and O–H groups in total. The highest BCUT2D eigenvalue weighted by Gasteiger charge is 2.61. The van der Waals surface area contributed by atoms with Crippen molar-refractivity contribution in [3.05, 3.63) is 0 Å². The van der Waals surface area contributed by atoms with Crippen LogP contribution in [0.2, 0.25) is 0 Å². The van der Waals surface area contributed by atoms with Gasteiger partial charge in [0.2, 0.25) is 0 Å². The Balaban J connectivity index is 1.15. The molecule has 0 spiro atoms. The molecule has 0 aromatic carbocycles. The molecule has 4 rings (SSSR count). The predicted octanol–water partition coefficient (Wildman–Crippen LogP) is -0.794. The molecule has 0 bridgehead atoms. The van der Waals surface area contributed by atoms with E-state index in [-0.39, 0.29) is 30.8 Å². The third-order valence-corrected chi connectivity index (χ3v) is 5.05. The second kappa shape index (κ2) is 6.44. The summed E-state index contributed by atoms with van der Waals surface area (Å²) in [4.78, 5) is 0. The van der Waals surface area contributed by atoms with E-state index < -0.39 is 11.4 Å². The van der Waals surface area contributed by atoms with Gasteiger partial charge in [0.15, 0.2) is 11.4 Å². The molecule has 4 aliphatic rings. The molecule has 8 nitrogen and oxygen atoms in total.